The highest BCUT2D eigenvalue weighted by Gasteiger charge is 2.53. The zero-order valence-corrected chi connectivity index (χ0v) is 15.2. The molecule has 0 spiro atoms. The van der Waals surface area contributed by atoms with Gasteiger partial charge >= 0.3 is 0 Å². The third-order valence-electron chi connectivity index (χ3n) is 7.39. The molecule has 1 saturated heterocycles. The van der Waals surface area contributed by atoms with Crippen LogP contribution in [0.25, 0.3) is 0 Å². The maximum Gasteiger partial charge on any atom is 0.257 e. The lowest BCUT2D eigenvalue weighted by molar-refractivity contribution is -0.0987. The topological polar surface area (TPSA) is 49.3 Å². The van der Waals surface area contributed by atoms with Gasteiger partial charge in [0, 0.05) is 37.9 Å². The van der Waals surface area contributed by atoms with Crippen molar-refractivity contribution >= 4 is 5.91 Å². The van der Waals surface area contributed by atoms with Gasteiger partial charge in [0.25, 0.3) is 5.91 Å². The molecule has 0 aromatic carbocycles. The van der Waals surface area contributed by atoms with Crippen molar-refractivity contribution in [3.8, 4) is 0 Å². The number of carbonyl (C=O) groups is 1. The fraction of sp³-hybridized carbons (Fsp3) is 0.750. The lowest BCUT2D eigenvalue weighted by Gasteiger charge is -2.61. The van der Waals surface area contributed by atoms with E-state index < -0.39 is 0 Å². The Bertz CT molecular complexity index is 645. The number of hydrogen-bond donors (Lipinski definition) is 0. The third-order valence-corrected chi connectivity index (χ3v) is 7.39. The molecule has 4 saturated carbocycles. The molecule has 0 atom stereocenters. The normalized spacial score (nSPS) is 37.5. The molecule has 0 unspecified atom stereocenters. The van der Waals surface area contributed by atoms with Gasteiger partial charge in [0.15, 0.2) is 0 Å². The molecular weight excluding hydrogens is 312 g/mol. The summed E-state index contributed by atoms with van der Waals surface area (Å²) >= 11 is 0. The minimum absolute atomic E-state index is 0.100. The Morgan fingerprint density at radius 2 is 1.64 bits per heavy atom. The summed E-state index contributed by atoms with van der Waals surface area (Å²) < 4.78 is 0. The SMILES string of the molecule is Cc1ncncc1C(=O)N1CCN(C23CC4CC(CC(C4)C2)C3)CC1. The first-order chi connectivity index (χ1) is 12.1. The van der Waals surface area contributed by atoms with Crippen molar-refractivity contribution in [1.82, 2.24) is 19.8 Å². The van der Waals surface area contributed by atoms with Crippen molar-refractivity contribution in [1.29, 1.82) is 0 Å². The maximum absolute atomic E-state index is 12.8. The van der Waals surface area contributed by atoms with E-state index in [1.165, 1.54) is 44.9 Å². The van der Waals surface area contributed by atoms with Crippen molar-refractivity contribution in [2.24, 2.45) is 17.8 Å². The lowest BCUT2D eigenvalue weighted by atomic mass is 9.52. The summed E-state index contributed by atoms with van der Waals surface area (Å²) in [5.41, 5.74) is 1.91. The highest BCUT2D eigenvalue weighted by molar-refractivity contribution is 5.94. The molecule has 0 N–H and O–H groups in total. The van der Waals surface area contributed by atoms with E-state index in [0.717, 1.165) is 49.6 Å². The van der Waals surface area contributed by atoms with Gasteiger partial charge in [-0.3, -0.25) is 9.69 Å². The van der Waals surface area contributed by atoms with Crippen LogP contribution in [0.1, 0.15) is 54.6 Å². The molecule has 25 heavy (non-hydrogen) atoms. The molecule has 1 aliphatic heterocycles. The molecule has 6 rings (SSSR count). The van der Waals surface area contributed by atoms with E-state index in [9.17, 15) is 4.79 Å². The van der Waals surface area contributed by atoms with Crippen LogP contribution < -0.4 is 0 Å². The van der Waals surface area contributed by atoms with E-state index in [4.69, 9.17) is 0 Å². The number of hydrogen-bond acceptors (Lipinski definition) is 4. The van der Waals surface area contributed by atoms with E-state index >= 15 is 0 Å². The molecule has 4 bridgehead atoms. The maximum atomic E-state index is 12.8. The highest BCUT2D eigenvalue weighted by Crippen LogP contribution is 2.57. The summed E-state index contributed by atoms with van der Waals surface area (Å²) in [7, 11) is 0. The second kappa shape index (κ2) is 5.76. The number of nitrogens with zero attached hydrogens (tertiary/aromatic N) is 4. The summed E-state index contributed by atoms with van der Waals surface area (Å²) in [6, 6.07) is 0. The van der Waals surface area contributed by atoms with Crippen LogP contribution in [0.15, 0.2) is 12.5 Å². The number of aromatic nitrogens is 2. The summed E-state index contributed by atoms with van der Waals surface area (Å²) in [4.78, 5) is 25.8. The first kappa shape index (κ1) is 15.7. The molecular formula is C20H28N4O. The Labute approximate surface area is 149 Å². The molecule has 0 radical (unpaired) electrons. The summed E-state index contributed by atoms with van der Waals surface area (Å²) in [6.45, 7) is 5.64. The first-order valence-corrected chi connectivity index (χ1v) is 9.94. The van der Waals surface area contributed by atoms with Gasteiger partial charge < -0.3 is 4.90 Å². The van der Waals surface area contributed by atoms with E-state index in [1.807, 2.05) is 11.8 Å². The van der Waals surface area contributed by atoms with Gasteiger partial charge in [-0.25, -0.2) is 9.97 Å². The van der Waals surface area contributed by atoms with Crippen LogP contribution in [-0.4, -0.2) is 57.4 Å². The van der Waals surface area contributed by atoms with Gasteiger partial charge in [0.2, 0.25) is 0 Å². The van der Waals surface area contributed by atoms with E-state index in [0.29, 0.717) is 11.1 Å². The average Bonchev–Trinajstić information content (AvgIpc) is 2.61. The molecule has 1 amide bonds. The molecule has 1 aromatic rings. The lowest BCUT2D eigenvalue weighted by Crippen LogP contribution is -2.64. The highest BCUT2D eigenvalue weighted by atomic mass is 16.2. The largest absolute Gasteiger partial charge is 0.336 e. The predicted molar refractivity (Wildman–Crippen MR) is 95.1 cm³/mol. The smallest absolute Gasteiger partial charge is 0.257 e. The molecule has 5 fully saturated rings. The minimum Gasteiger partial charge on any atom is -0.336 e. The number of rotatable bonds is 2. The van der Waals surface area contributed by atoms with Crippen molar-refractivity contribution < 1.29 is 4.79 Å². The molecule has 2 heterocycles. The Hall–Kier alpha value is -1.49. The molecule has 5 aliphatic rings. The predicted octanol–water partition coefficient (Wildman–Crippen LogP) is 2.51. The second-order valence-corrected chi connectivity index (χ2v) is 8.94. The quantitative estimate of drug-likeness (QED) is 0.830. The van der Waals surface area contributed by atoms with E-state index in [2.05, 4.69) is 14.9 Å². The van der Waals surface area contributed by atoms with Gasteiger partial charge in [-0.15, -0.1) is 0 Å². The average molecular weight is 340 g/mol. The Kier molecular flexibility index (Phi) is 3.63. The summed E-state index contributed by atoms with van der Waals surface area (Å²) in [5, 5.41) is 0. The number of amides is 1. The van der Waals surface area contributed by atoms with E-state index in [-0.39, 0.29) is 5.91 Å². The van der Waals surface area contributed by atoms with Crippen LogP contribution in [0.2, 0.25) is 0 Å². The molecule has 134 valence electrons. The number of carbonyl (C=O) groups excluding carboxylic acids is 1. The van der Waals surface area contributed by atoms with Crippen molar-refractivity contribution in [2.75, 3.05) is 26.2 Å². The summed E-state index contributed by atoms with van der Waals surface area (Å²) in [6.07, 6.45) is 11.9. The van der Waals surface area contributed by atoms with Crippen LogP contribution in [0.5, 0.6) is 0 Å². The van der Waals surface area contributed by atoms with Crippen LogP contribution in [0, 0.1) is 24.7 Å². The molecule has 1 aromatic heterocycles. The Morgan fingerprint density at radius 1 is 1.04 bits per heavy atom. The van der Waals surface area contributed by atoms with Gasteiger partial charge in [-0.05, 0) is 63.2 Å². The summed E-state index contributed by atoms with van der Waals surface area (Å²) in [5.74, 6) is 3.04. The van der Waals surface area contributed by atoms with Gasteiger partial charge in [0.1, 0.15) is 6.33 Å². The first-order valence-electron chi connectivity index (χ1n) is 9.94. The van der Waals surface area contributed by atoms with Crippen LogP contribution in [0.3, 0.4) is 0 Å². The Balaban J connectivity index is 1.28. The van der Waals surface area contributed by atoms with Gasteiger partial charge in [-0.1, -0.05) is 0 Å². The van der Waals surface area contributed by atoms with Gasteiger partial charge in [-0.2, -0.15) is 0 Å². The zero-order chi connectivity index (χ0) is 17.0. The van der Waals surface area contributed by atoms with Crippen LogP contribution >= 0.6 is 0 Å². The van der Waals surface area contributed by atoms with Crippen molar-refractivity contribution in [3.05, 3.63) is 23.8 Å². The second-order valence-electron chi connectivity index (χ2n) is 8.94. The van der Waals surface area contributed by atoms with Crippen molar-refractivity contribution in [2.45, 2.75) is 51.0 Å². The molecule has 4 aliphatic carbocycles. The fourth-order valence-corrected chi connectivity index (χ4v) is 6.61. The number of piperazine rings is 1. The van der Waals surface area contributed by atoms with Gasteiger partial charge in [0.05, 0.1) is 11.3 Å². The fourth-order valence-electron chi connectivity index (χ4n) is 6.61. The molecule has 5 heteroatoms. The monoisotopic (exact) mass is 340 g/mol. The third kappa shape index (κ3) is 2.59. The van der Waals surface area contributed by atoms with Crippen LogP contribution in [0.4, 0.5) is 0 Å². The van der Waals surface area contributed by atoms with E-state index in [1.54, 1.807) is 6.20 Å². The zero-order valence-electron chi connectivity index (χ0n) is 15.2. The molecule has 5 nitrogen and oxygen atoms in total. The minimum atomic E-state index is 0.100. The van der Waals surface area contributed by atoms with Crippen molar-refractivity contribution in [3.63, 3.8) is 0 Å². The Morgan fingerprint density at radius 3 is 2.20 bits per heavy atom. The van der Waals surface area contributed by atoms with Crippen LogP contribution in [-0.2, 0) is 0 Å². The number of aryl methyl sites for hydroxylation is 1. The standard InChI is InChI=1S/C20H28N4O/c1-14-18(12-21-13-22-14)19(25)23-2-4-24(5-3-23)20-9-15-6-16(10-20)8-17(7-15)11-20/h12-13,15-17H,2-11H2,1H3.